The van der Waals surface area contributed by atoms with E-state index in [-0.39, 0.29) is 11.4 Å². The molecule has 0 radical (unpaired) electrons. The van der Waals surface area contributed by atoms with Gasteiger partial charge in [0.15, 0.2) is 0 Å². The van der Waals surface area contributed by atoms with Gasteiger partial charge in [0.1, 0.15) is 0 Å². The largest absolute Gasteiger partial charge is 0.383 e. The molecule has 138 valence electrons. The predicted molar refractivity (Wildman–Crippen MR) is 94.2 cm³/mol. The van der Waals surface area contributed by atoms with Crippen molar-refractivity contribution in [3.05, 3.63) is 30.1 Å². The van der Waals surface area contributed by atoms with E-state index < -0.39 is 0 Å². The molecule has 1 unspecified atom stereocenters. The van der Waals surface area contributed by atoms with Gasteiger partial charge in [-0.05, 0) is 24.6 Å². The fraction of sp³-hybridized carbons (Fsp3) is 0.667. The lowest BCUT2D eigenvalue weighted by molar-refractivity contribution is 0.0691. The molecule has 0 saturated carbocycles. The third-order valence-corrected chi connectivity index (χ3v) is 5.02. The first-order valence-electron chi connectivity index (χ1n) is 8.91. The van der Waals surface area contributed by atoms with E-state index in [0.29, 0.717) is 19.7 Å². The lowest BCUT2D eigenvalue weighted by Crippen LogP contribution is -2.47. The first-order chi connectivity index (χ1) is 12.2. The maximum atomic E-state index is 12.6. The minimum absolute atomic E-state index is 0.0240. The molecule has 7 nitrogen and oxygen atoms in total. The highest BCUT2D eigenvalue weighted by atomic mass is 16.5. The molecule has 1 atom stereocenters. The molecule has 1 aromatic heterocycles. The van der Waals surface area contributed by atoms with Crippen LogP contribution in [0.25, 0.3) is 0 Å². The molecule has 0 aromatic carbocycles. The topological polar surface area (TPSA) is 66.9 Å². The minimum Gasteiger partial charge on any atom is -0.383 e. The van der Waals surface area contributed by atoms with Crippen LogP contribution in [0.2, 0.25) is 0 Å². The number of hydrogen-bond acceptors (Lipinski definition) is 5. The zero-order chi connectivity index (χ0) is 17.5. The minimum atomic E-state index is -0.0240. The molecule has 0 bridgehead atoms. The summed E-state index contributed by atoms with van der Waals surface area (Å²) in [7, 11) is 1.73. The number of ether oxygens (including phenoxy) is 2. The number of amides is 2. The quantitative estimate of drug-likeness (QED) is 0.859. The summed E-state index contributed by atoms with van der Waals surface area (Å²) in [5.41, 5.74) is 1.04. The van der Waals surface area contributed by atoms with E-state index in [1.807, 2.05) is 17.0 Å². The van der Waals surface area contributed by atoms with E-state index in [0.717, 1.165) is 51.4 Å². The van der Waals surface area contributed by atoms with Crippen molar-refractivity contribution in [1.29, 1.82) is 0 Å². The number of hydrogen-bond donors (Lipinski definition) is 1. The summed E-state index contributed by atoms with van der Waals surface area (Å²) >= 11 is 0. The average Bonchev–Trinajstić information content (AvgIpc) is 2.91. The van der Waals surface area contributed by atoms with Gasteiger partial charge < -0.3 is 24.6 Å². The van der Waals surface area contributed by atoms with Gasteiger partial charge in [0.05, 0.1) is 19.8 Å². The van der Waals surface area contributed by atoms with Gasteiger partial charge in [0.25, 0.3) is 0 Å². The molecule has 1 aromatic rings. The third kappa shape index (κ3) is 4.90. The maximum Gasteiger partial charge on any atom is 0.317 e. The number of nitrogens with one attached hydrogen (secondary N) is 1. The number of carbonyl (C=O) groups excluding carboxylic acids is 1. The highest BCUT2D eigenvalue weighted by molar-refractivity contribution is 5.74. The Labute approximate surface area is 149 Å². The highest BCUT2D eigenvalue weighted by Gasteiger charge is 2.41. The number of pyridine rings is 1. The lowest BCUT2D eigenvalue weighted by atomic mass is 9.87. The van der Waals surface area contributed by atoms with Gasteiger partial charge >= 0.3 is 6.03 Å². The van der Waals surface area contributed by atoms with Crippen molar-refractivity contribution >= 4 is 6.03 Å². The second kappa shape index (κ2) is 8.60. The van der Waals surface area contributed by atoms with E-state index in [2.05, 4.69) is 15.2 Å². The van der Waals surface area contributed by atoms with Crippen LogP contribution in [0, 0.1) is 5.41 Å². The summed E-state index contributed by atoms with van der Waals surface area (Å²) in [5, 5.41) is 3.01. The second-order valence-electron chi connectivity index (χ2n) is 7.01. The third-order valence-electron chi connectivity index (χ3n) is 5.02. The Morgan fingerprint density at radius 1 is 1.44 bits per heavy atom. The Morgan fingerprint density at radius 3 is 3.16 bits per heavy atom. The van der Waals surface area contributed by atoms with Crippen LogP contribution >= 0.6 is 0 Å². The number of urea groups is 1. The van der Waals surface area contributed by atoms with Crippen LogP contribution in [-0.2, 0) is 16.0 Å². The number of methoxy groups -OCH3 is 1. The van der Waals surface area contributed by atoms with Crippen molar-refractivity contribution in [3.8, 4) is 0 Å². The molecule has 2 fully saturated rings. The predicted octanol–water partition coefficient (Wildman–Crippen LogP) is 0.962. The Bertz CT molecular complexity index is 557. The van der Waals surface area contributed by atoms with Crippen LogP contribution in [-0.4, -0.2) is 80.5 Å². The summed E-state index contributed by atoms with van der Waals surface area (Å²) < 4.78 is 11.0. The van der Waals surface area contributed by atoms with Gasteiger partial charge in [-0.2, -0.15) is 0 Å². The van der Waals surface area contributed by atoms with E-state index in [1.165, 1.54) is 0 Å². The van der Waals surface area contributed by atoms with Gasteiger partial charge in [-0.1, -0.05) is 6.07 Å². The SMILES string of the molecule is COCCN1CCC2(COCCN(C(=O)NCc3cccnc3)C2)C1. The van der Waals surface area contributed by atoms with Crippen LogP contribution in [0.15, 0.2) is 24.5 Å². The molecular weight excluding hydrogens is 320 g/mol. The van der Waals surface area contributed by atoms with Crippen molar-refractivity contribution in [3.63, 3.8) is 0 Å². The van der Waals surface area contributed by atoms with E-state index >= 15 is 0 Å². The molecule has 2 aliphatic rings. The Morgan fingerprint density at radius 2 is 2.36 bits per heavy atom. The summed E-state index contributed by atoms with van der Waals surface area (Å²) in [6, 6.07) is 3.82. The number of carbonyl (C=O) groups is 1. The van der Waals surface area contributed by atoms with Crippen LogP contribution in [0.3, 0.4) is 0 Å². The van der Waals surface area contributed by atoms with Crippen LogP contribution in [0.5, 0.6) is 0 Å². The molecule has 1 spiro atoms. The van der Waals surface area contributed by atoms with Crippen LogP contribution in [0.4, 0.5) is 4.79 Å². The van der Waals surface area contributed by atoms with Gasteiger partial charge in [0.2, 0.25) is 0 Å². The van der Waals surface area contributed by atoms with E-state index in [9.17, 15) is 4.79 Å². The van der Waals surface area contributed by atoms with Crippen LogP contribution in [0.1, 0.15) is 12.0 Å². The number of nitrogens with zero attached hydrogens (tertiary/aromatic N) is 3. The lowest BCUT2D eigenvalue weighted by Gasteiger charge is -2.32. The fourth-order valence-corrected chi connectivity index (χ4v) is 3.64. The molecule has 2 aliphatic heterocycles. The number of aromatic nitrogens is 1. The summed E-state index contributed by atoms with van der Waals surface area (Å²) in [6.45, 7) is 6.88. The molecular formula is C18H28N4O3. The van der Waals surface area contributed by atoms with Gasteiger partial charge in [-0.25, -0.2) is 4.79 Å². The maximum absolute atomic E-state index is 12.6. The first-order valence-corrected chi connectivity index (χ1v) is 8.91. The van der Waals surface area contributed by atoms with Gasteiger partial charge in [-0.15, -0.1) is 0 Å². The van der Waals surface area contributed by atoms with E-state index in [4.69, 9.17) is 9.47 Å². The molecule has 25 heavy (non-hydrogen) atoms. The number of rotatable bonds is 5. The second-order valence-corrected chi connectivity index (χ2v) is 7.01. The summed E-state index contributed by atoms with van der Waals surface area (Å²) in [5.74, 6) is 0. The molecule has 2 saturated heterocycles. The first kappa shape index (κ1) is 18.1. The molecule has 0 aliphatic carbocycles. The molecule has 7 heteroatoms. The summed E-state index contributed by atoms with van der Waals surface area (Å²) in [4.78, 5) is 21.0. The Kier molecular flexibility index (Phi) is 6.23. The van der Waals surface area contributed by atoms with Crippen molar-refractivity contribution < 1.29 is 14.3 Å². The molecule has 1 N–H and O–H groups in total. The van der Waals surface area contributed by atoms with Crippen LogP contribution < -0.4 is 5.32 Å². The normalized spacial score (nSPS) is 24.4. The standard InChI is InChI=1S/C18H28N4O3/c1-24-9-7-21-6-4-18(13-21)14-22(8-10-25-15-18)17(23)20-12-16-3-2-5-19-11-16/h2-3,5,11H,4,6-10,12-15H2,1H3,(H,20,23). The zero-order valence-electron chi connectivity index (χ0n) is 14.9. The van der Waals surface area contributed by atoms with Crippen molar-refractivity contribution in [1.82, 2.24) is 20.1 Å². The monoisotopic (exact) mass is 348 g/mol. The molecule has 3 heterocycles. The number of likely N-dealkylation sites (tertiary alicyclic amines) is 1. The average molecular weight is 348 g/mol. The van der Waals surface area contributed by atoms with Gasteiger partial charge in [0, 0.05) is 57.6 Å². The van der Waals surface area contributed by atoms with E-state index in [1.54, 1.807) is 19.5 Å². The Balaban J connectivity index is 1.55. The molecule has 2 amide bonds. The fourth-order valence-electron chi connectivity index (χ4n) is 3.64. The Hall–Kier alpha value is -1.70. The highest BCUT2D eigenvalue weighted by Crippen LogP contribution is 2.33. The zero-order valence-corrected chi connectivity index (χ0v) is 14.9. The molecule has 3 rings (SSSR count). The smallest absolute Gasteiger partial charge is 0.317 e. The van der Waals surface area contributed by atoms with Gasteiger partial charge in [-0.3, -0.25) is 4.98 Å². The van der Waals surface area contributed by atoms with Crippen molar-refractivity contribution in [2.45, 2.75) is 13.0 Å². The summed E-state index contributed by atoms with van der Waals surface area (Å²) in [6.07, 6.45) is 4.57. The van der Waals surface area contributed by atoms with Crippen molar-refractivity contribution in [2.75, 3.05) is 59.7 Å². The van der Waals surface area contributed by atoms with Crippen molar-refractivity contribution in [2.24, 2.45) is 5.41 Å².